The third kappa shape index (κ3) is 13.7. The van der Waals surface area contributed by atoms with Crippen molar-refractivity contribution in [2.45, 2.75) is 106 Å². The van der Waals surface area contributed by atoms with Crippen LogP contribution in [0.5, 0.6) is 11.5 Å². The van der Waals surface area contributed by atoms with Crippen LogP contribution in [0.2, 0.25) is 39.3 Å². The van der Waals surface area contributed by atoms with Gasteiger partial charge >= 0.3 is 16.8 Å². The third-order valence-electron chi connectivity index (χ3n) is 8.17. The Kier molecular flexibility index (Phi) is 16.2. The first-order valence-electron chi connectivity index (χ1n) is 17.4. The van der Waals surface area contributed by atoms with Crippen molar-refractivity contribution < 1.29 is 46.8 Å². The molecule has 0 heterocycles. The molecule has 4 rings (SSSR count). The van der Waals surface area contributed by atoms with E-state index in [-0.39, 0.29) is 39.1 Å². The van der Waals surface area contributed by atoms with Crippen molar-refractivity contribution in [1.82, 2.24) is 0 Å². The normalized spacial score (nSPS) is 12.1. The average Bonchev–Trinajstić information content (AvgIpc) is 2.97. The Morgan fingerprint density at radius 3 is 1.19 bits per heavy atom. The maximum absolute atomic E-state index is 11.3. The number of carbonyl (C=O) groups is 2. The van der Waals surface area contributed by atoms with Gasteiger partial charge < -0.3 is 30.0 Å². The van der Waals surface area contributed by atoms with E-state index in [0.717, 1.165) is 58.2 Å². The molecule has 0 aliphatic rings. The van der Waals surface area contributed by atoms with Gasteiger partial charge in [0.25, 0.3) is 0 Å². The van der Waals surface area contributed by atoms with E-state index >= 15 is 0 Å². The molecule has 8 nitrogen and oxygen atoms in total. The minimum atomic E-state index is -1.65. The van der Waals surface area contributed by atoms with Gasteiger partial charge in [-0.1, -0.05) is 140 Å². The van der Waals surface area contributed by atoms with Gasteiger partial charge in [0.2, 0.25) is 0 Å². The minimum absolute atomic E-state index is 0. The zero-order chi connectivity index (χ0) is 40.0. The number of hydrogen-bond acceptors (Lipinski definition) is 8. The van der Waals surface area contributed by atoms with Crippen LogP contribution in [-0.4, -0.2) is 50.7 Å². The van der Waals surface area contributed by atoms with E-state index in [4.69, 9.17) is 29.8 Å². The van der Waals surface area contributed by atoms with E-state index in [0.29, 0.717) is 0 Å². The van der Waals surface area contributed by atoms with Gasteiger partial charge in [-0.15, -0.1) is 0 Å². The van der Waals surface area contributed by atoms with E-state index in [2.05, 4.69) is 117 Å². The monoisotopic (exact) mass is 799 g/mol. The zero-order valence-electron chi connectivity index (χ0n) is 33.7. The number of rotatable bonds is 6. The largest absolute Gasteiger partial charge is 2.00 e. The summed E-state index contributed by atoms with van der Waals surface area (Å²) in [4.78, 5) is 27.7. The smallest absolute Gasteiger partial charge is 0.550 e. The first kappa shape index (κ1) is 47.0. The number of hydrogen-bond donors (Lipinski definition) is 2. The van der Waals surface area contributed by atoms with Crippen molar-refractivity contribution >= 4 is 73.0 Å². The van der Waals surface area contributed by atoms with Gasteiger partial charge in [-0.2, -0.15) is 0 Å². The molecular formula is C42H56CoN2O6Si2. The number of fused-ring (bicyclic) bond motifs is 1. The molecule has 4 aromatic carbocycles. The molecular weight excluding hydrogens is 744 g/mol. The summed E-state index contributed by atoms with van der Waals surface area (Å²) in [6, 6.07) is 20.7. The molecule has 0 aliphatic heterocycles. The Bertz CT molecular complexity index is 1830. The topological polar surface area (TPSA) is 145 Å². The number of carboxylic acid groups (broad SMARTS) is 2. The first-order chi connectivity index (χ1) is 23.6. The van der Waals surface area contributed by atoms with Crippen LogP contribution in [0.1, 0.15) is 77.6 Å². The molecule has 287 valence electrons. The number of aromatic hydroxyl groups is 2. The SMILES string of the molecule is CC(=O)[O-].CC(=O)[O-].CC(C)(C)c1cc([Si](C)(C)C)cc(C=Nc2cccc3cccc(N=Cc4cc([Si](C)(C)C)cc(C(C)(C)C)c4O)c23)c1O.[Co+2]. The van der Waals surface area contributed by atoms with Crippen LogP contribution in [0, 0.1) is 0 Å². The van der Waals surface area contributed by atoms with Crippen molar-refractivity contribution in [3.63, 3.8) is 0 Å². The second-order valence-corrected chi connectivity index (χ2v) is 27.2. The number of phenols is 2. The molecule has 0 atom stereocenters. The Labute approximate surface area is 328 Å². The van der Waals surface area contributed by atoms with E-state index in [1.165, 1.54) is 10.4 Å². The number of aliphatic imine (C=N–C) groups is 2. The molecule has 1 radical (unpaired) electrons. The van der Waals surface area contributed by atoms with Crippen LogP contribution in [-0.2, 0) is 37.2 Å². The summed E-state index contributed by atoms with van der Waals surface area (Å²) >= 11 is 0. The van der Waals surface area contributed by atoms with E-state index < -0.39 is 28.1 Å². The average molecular weight is 800 g/mol. The predicted molar refractivity (Wildman–Crippen MR) is 219 cm³/mol. The Morgan fingerprint density at radius 1 is 0.623 bits per heavy atom. The van der Waals surface area contributed by atoms with E-state index in [1.807, 2.05) is 24.3 Å². The summed E-state index contributed by atoms with van der Waals surface area (Å²) in [6.45, 7) is 28.7. The van der Waals surface area contributed by atoms with Crippen molar-refractivity contribution in [3.05, 3.63) is 82.9 Å². The van der Waals surface area contributed by atoms with Gasteiger partial charge in [0, 0.05) is 40.9 Å². The second-order valence-electron chi connectivity index (χ2n) is 17.1. The number of aliphatic carboxylic acids is 2. The van der Waals surface area contributed by atoms with Crippen LogP contribution in [0.25, 0.3) is 10.8 Å². The maximum Gasteiger partial charge on any atom is 2.00 e. The van der Waals surface area contributed by atoms with Crippen molar-refractivity contribution in [2.75, 3.05) is 0 Å². The third-order valence-corrected chi connectivity index (χ3v) is 12.2. The number of benzene rings is 4. The van der Waals surface area contributed by atoms with Gasteiger partial charge in [-0.05, 0) is 53.3 Å². The molecule has 0 fully saturated rings. The summed E-state index contributed by atoms with van der Waals surface area (Å²) in [5.74, 6) is -1.59. The van der Waals surface area contributed by atoms with Crippen LogP contribution in [0.15, 0.2) is 70.6 Å². The van der Waals surface area contributed by atoms with Gasteiger partial charge in [-0.25, -0.2) is 0 Å². The molecule has 0 saturated heterocycles. The maximum atomic E-state index is 11.3. The summed E-state index contributed by atoms with van der Waals surface area (Å²) in [6.07, 6.45) is 3.59. The Morgan fingerprint density at radius 2 is 0.925 bits per heavy atom. The summed E-state index contributed by atoms with van der Waals surface area (Å²) in [7, 11) is -3.30. The molecule has 0 aromatic heterocycles. The first-order valence-corrected chi connectivity index (χ1v) is 24.4. The minimum Gasteiger partial charge on any atom is -0.550 e. The number of nitrogens with zero attached hydrogens (tertiary/aromatic N) is 2. The molecule has 2 N–H and O–H groups in total. The molecule has 0 saturated carbocycles. The molecule has 0 amide bonds. The Hall–Kier alpha value is -4.04. The van der Waals surface area contributed by atoms with E-state index in [1.54, 1.807) is 12.4 Å². The number of carbonyl (C=O) groups excluding carboxylic acids is 2. The molecule has 53 heavy (non-hydrogen) atoms. The molecule has 0 unspecified atom stereocenters. The summed E-state index contributed by atoms with van der Waals surface area (Å²) < 4.78 is 0. The van der Waals surface area contributed by atoms with Gasteiger partial charge in [0.1, 0.15) is 11.5 Å². The molecule has 11 heteroatoms. The van der Waals surface area contributed by atoms with Crippen LogP contribution >= 0.6 is 0 Å². The molecule has 0 aliphatic carbocycles. The quantitative estimate of drug-likeness (QED) is 0.160. The second kappa shape index (κ2) is 18.3. The van der Waals surface area contributed by atoms with Gasteiger partial charge in [0.05, 0.1) is 27.5 Å². The van der Waals surface area contributed by atoms with Crippen molar-refractivity contribution in [1.29, 1.82) is 0 Å². The summed E-state index contributed by atoms with van der Waals surface area (Å²) in [5.41, 5.74) is 4.51. The molecule has 0 spiro atoms. The van der Waals surface area contributed by atoms with Gasteiger partial charge in [-0.3, -0.25) is 9.98 Å². The van der Waals surface area contributed by atoms with Crippen molar-refractivity contribution in [3.8, 4) is 11.5 Å². The van der Waals surface area contributed by atoms with Crippen LogP contribution in [0.3, 0.4) is 0 Å². The summed E-state index contributed by atoms with van der Waals surface area (Å²) in [5, 5.41) is 45.0. The van der Waals surface area contributed by atoms with Crippen LogP contribution in [0.4, 0.5) is 11.4 Å². The Balaban J connectivity index is 0.00000142. The predicted octanol–water partition coefficient (Wildman–Crippen LogP) is 6.95. The molecule has 4 aromatic rings. The zero-order valence-corrected chi connectivity index (χ0v) is 36.7. The van der Waals surface area contributed by atoms with E-state index in [9.17, 15) is 10.2 Å². The number of carboxylic acids is 2. The molecule has 0 bridgehead atoms. The van der Waals surface area contributed by atoms with Crippen LogP contribution < -0.4 is 20.6 Å². The fourth-order valence-corrected chi connectivity index (χ4v) is 7.65. The van der Waals surface area contributed by atoms with Gasteiger partial charge in [0.15, 0.2) is 0 Å². The standard InChI is InChI=1S/C38H50N2O2Si2.2C2H4O2.Co/c1-37(2,3)30-21-28(43(7,8)9)19-26(35(30)41)23-39-32-17-13-15-25-16-14-18-33(34(25)32)40-24-27-20-29(44(10,11)12)22-31(36(27)42)38(4,5)6;2*1-2(3)4;/h13-24,41-42H,1-12H3;2*1H3,(H,3,4);/q;;;+2/p-2. The van der Waals surface area contributed by atoms with Crippen molar-refractivity contribution in [2.24, 2.45) is 9.98 Å². The fraction of sp³-hybridized carbons (Fsp3) is 0.381. The number of phenolic OH excluding ortho intramolecular Hbond substituents is 2. The fourth-order valence-electron chi connectivity index (χ4n) is 5.32.